The molecule has 0 saturated carbocycles. The van der Waals surface area contributed by atoms with Gasteiger partial charge in [0.2, 0.25) is 0 Å². The Balaban J connectivity index is 2.07. The molecule has 0 radical (unpaired) electrons. The fraction of sp³-hybridized carbons (Fsp3) is 0.667. The molecule has 1 fully saturated rings. The topological polar surface area (TPSA) is 15.3 Å². The largest absolute Gasteiger partial charge is 0.312 e. The molecular weight excluding hydrogens is 244 g/mol. The molecule has 1 aromatic rings. The van der Waals surface area contributed by atoms with Crippen LogP contribution in [-0.4, -0.2) is 30.6 Å². The van der Waals surface area contributed by atoms with E-state index in [-0.39, 0.29) is 0 Å². The van der Waals surface area contributed by atoms with Crippen LogP contribution in [0.4, 0.5) is 0 Å². The van der Waals surface area contributed by atoms with Gasteiger partial charge in [0.1, 0.15) is 0 Å². The lowest BCUT2D eigenvalue weighted by atomic mass is 9.86. The summed E-state index contributed by atoms with van der Waals surface area (Å²) in [6, 6.07) is 7.50. The molecule has 112 valence electrons. The van der Waals surface area contributed by atoms with E-state index in [0.29, 0.717) is 11.5 Å². The minimum atomic E-state index is 0.325. The van der Waals surface area contributed by atoms with Crippen LogP contribution in [0.1, 0.15) is 43.9 Å². The molecule has 1 heterocycles. The summed E-state index contributed by atoms with van der Waals surface area (Å²) >= 11 is 0. The fourth-order valence-corrected chi connectivity index (χ4v) is 3.14. The van der Waals surface area contributed by atoms with E-state index in [2.05, 4.69) is 63.0 Å². The smallest absolute Gasteiger partial charge is 0.0243 e. The number of hydrogen-bond donors (Lipinski definition) is 1. The molecule has 1 atom stereocenters. The molecule has 1 N–H and O–H groups in total. The van der Waals surface area contributed by atoms with E-state index in [0.717, 1.165) is 19.6 Å². The Kier molecular flexibility index (Phi) is 4.87. The van der Waals surface area contributed by atoms with Crippen LogP contribution in [0.3, 0.4) is 0 Å². The van der Waals surface area contributed by atoms with E-state index in [9.17, 15) is 0 Å². The molecule has 0 spiro atoms. The Morgan fingerprint density at radius 3 is 2.40 bits per heavy atom. The van der Waals surface area contributed by atoms with Gasteiger partial charge in [-0.25, -0.2) is 0 Å². The third-order valence-electron chi connectivity index (χ3n) is 4.22. The molecule has 1 unspecified atom stereocenters. The maximum absolute atomic E-state index is 3.72. The van der Waals surface area contributed by atoms with E-state index in [1.807, 2.05) is 0 Å². The van der Waals surface area contributed by atoms with Crippen LogP contribution in [0.2, 0.25) is 0 Å². The molecular formula is C18H30N2. The number of aryl methyl sites for hydroxylation is 2. The molecule has 2 rings (SSSR count). The lowest BCUT2D eigenvalue weighted by molar-refractivity contribution is 0.192. The SMILES string of the molecule is Cc1cc(C)cc(CN2CCCNC(C(C)(C)C)C2)c1. The highest BCUT2D eigenvalue weighted by Crippen LogP contribution is 2.22. The van der Waals surface area contributed by atoms with Crippen LogP contribution in [-0.2, 0) is 6.54 Å². The first-order valence-electron chi connectivity index (χ1n) is 7.87. The summed E-state index contributed by atoms with van der Waals surface area (Å²) in [5.41, 5.74) is 4.53. The van der Waals surface area contributed by atoms with Gasteiger partial charge in [-0.1, -0.05) is 50.1 Å². The van der Waals surface area contributed by atoms with E-state index in [1.54, 1.807) is 0 Å². The normalized spacial score (nSPS) is 21.8. The van der Waals surface area contributed by atoms with Gasteiger partial charge in [-0.2, -0.15) is 0 Å². The molecule has 2 heteroatoms. The van der Waals surface area contributed by atoms with Gasteiger partial charge in [0.05, 0.1) is 0 Å². The van der Waals surface area contributed by atoms with Crippen LogP contribution in [0.5, 0.6) is 0 Å². The summed E-state index contributed by atoms with van der Waals surface area (Å²) in [4.78, 5) is 2.62. The number of benzene rings is 1. The van der Waals surface area contributed by atoms with E-state index >= 15 is 0 Å². The maximum atomic E-state index is 3.72. The zero-order valence-corrected chi connectivity index (χ0v) is 13.8. The zero-order valence-electron chi connectivity index (χ0n) is 13.8. The second kappa shape index (κ2) is 6.28. The van der Waals surface area contributed by atoms with Crippen LogP contribution in [0, 0.1) is 19.3 Å². The lowest BCUT2D eigenvalue weighted by Gasteiger charge is -2.33. The number of rotatable bonds is 2. The van der Waals surface area contributed by atoms with Crippen LogP contribution >= 0.6 is 0 Å². The molecule has 2 nitrogen and oxygen atoms in total. The van der Waals surface area contributed by atoms with E-state index in [4.69, 9.17) is 0 Å². The fourth-order valence-electron chi connectivity index (χ4n) is 3.14. The first kappa shape index (κ1) is 15.5. The summed E-state index contributed by atoms with van der Waals surface area (Å²) in [5.74, 6) is 0. The minimum Gasteiger partial charge on any atom is -0.312 e. The Morgan fingerprint density at radius 2 is 1.80 bits per heavy atom. The Labute approximate surface area is 124 Å². The molecule has 1 aromatic carbocycles. The predicted octanol–water partition coefficient (Wildman–Crippen LogP) is 3.51. The average molecular weight is 274 g/mol. The first-order chi connectivity index (χ1) is 9.34. The quantitative estimate of drug-likeness (QED) is 0.888. The van der Waals surface area contributed by atoms with Crippen molar-refractivity contribution < 1.29 is 0 Å². The number of nitrogens with zero attached hydrogens (tertiary/aromatic N) is 1. The van der Waals surface area contributed by atoms with Crippen molar-refractivity contribution in [1.82, 2.24) is 10.2 Å². The molecule has 1 aliphatic rings. The van der Waals surface area contributed by atoms with Crippen molar-refractivity contribution in [2.24, 2.45) is 5.41 Å². The predicted molar refractivity (Wildman–Crippen MR) is 87.1 cm³/mol. The molecule has 1 saturated heterocycles. The standard InChI is InChI=1S/C18H30N2/c1-14-9-15(2)11-16(10-14)12-20-8-6-7-19-17(13-20)18(3,4)5/h9-11,17,19H,6-8,12-13H2,1-5H3. The van der Waals surface area contributed by atoms with Gasteiger partial charge in [0.25, 0.3) is 0 Å². The van der Waals surface area contributed by atoms with Crippen molar-refractivity contribution in [3.05, 3.63) is 34.9 Å². The zero-order chi connectivity index (χ0) is 14.8. The Hall–Kier alpha value is -0.860. The molecule has 20 heavy (non-hydrogen) atoms. The summed E-state index contributed by atoms with van der Waals surface area (Å²) in [5, 5.41) is 3.72. The van der Waals surface area contributed by atoms with Gasteiger partial charge < -0.3 is 5.32 Å². The molecule has 0 aliphatic carbocycles. The van der Waals surface area contributed by atoms with Crippen molar-refractivity contribution in [2.45, 2.75) is 53.6 Å². The summed E-state index contributed by atoms with van der Waals surface area (Å²) in [6.45, 7) is 16.0. The van der Waals surface area contributed by atoms with E-state index < -0.39 is 0 Å². The van der Waals surface area contributed by atoms with Gasteiger partial charge >= 0.3 is 0 Å². The van der Waals surface area contributed by atoms with Gasteiger partial charge in [0, 0.05) is 19.1 Å². The highest BCUT2D eigenvalue weighted by molar-refractivity contribution is 5.28. The van der Waals surface area contributed by atoms with Crippen molar-refractivity contribution in [3.8, 4) is 0 Å². The summed E-state index contributed by atoms with van der Waals surface area (Å²) in [7, 11) is 0. The maximum Gasteiger partial charge on any atom is 0.0243 e. The molecule has 0 aromatic heterocycles. The third-order valence-corrected chi connectivity index (χ3v) is 4.22. The van der Waals surface area contributed by atoms with Crippen molar-refractivity contribution >= 4 is 0 Å². The van der Waals surface area contributed by atoms with Crippen LogP contribution < -0.4 is 5.32 Å². The van der Waals surface area contributed by atoms with Gasteiger partial charge in [-0.3, -0.25) is 4.90 Å². The summed E-state index contributed by atoms with van der Waals surface area (Å²) < 4.78 is 0. The van der Waals surface area contributed by atoms with Crippen molar-refractivity contribution in [1.29, 1.82) is 0 Å². The highest BCUT2D eigenvalue weighted by Gasteiger charge is 2.27. The second-order valence-electron chi connectivity index (χ2n) is 7.46. The van der Waals surface area contributed by atoms with E-state index in [1.165, 1.54) is 29.7 Å². The van der Waals surface area contributed by atoms with Gasteiger partial charge in [-0.15, -0.1) is 0 Å². The first-order valence-corrected chi connectivity index (χ1v) is 7.87. The van der Waals surface area contributed by atoms with Gasteiger partial charge in [0.15, 0.2) is 0 Å². The minimum absolute atomic E-state index is 0.325. The summed E-state index contributed by atoms with van der Waals surface area (Å²) in [6.07, 6.45) is 1.25. The number of hydrogen-bond acceptors (Lipinski definition) is 2. The van der Waals surface area contributed by atoms with Crippen LogP contribution in [0.15, 0.2) is 18.2 Å². The van der Waals surface area contributed by atoms with Crippen molar-refractivity contribution in [3.63, 3.8) is 0 Å². The lowest BCUT2D eigenvalue weighted by Crippen LogP contribution is -2.46. The Bertz CT molecular complexity index is 425. The Morgan fingerprint density at radius 1 is 1.15 bits per heavy atom. The molecule has 0 amide bonds. The number of nitrogens with one attached hydrogen (secondary N) is 1. The second-order valence-corrected chi connectivity index (χ2v) is 7.46. The van der Waals surface area contributed by atoms with Crippen molar-refractivity contribution in [2.75, 3.05) is 19.6 Å². The average Bonchev–Trinajstić information content (AvgIpc) is 2.52. The van der Waals surface area contributed by atoms with Crippen LogP contribution in [0.25, 0.3) is 0 Å². The monoisotopic (exact) mass is 274 g/mol. The molecule has 0 bridgehead atoms. The van der Waals surface area contributed by atoms with Gasteiger partial charge in [-0.05, 0) is 44.3 Å². The third kappa shape index (κ3) is 4.32. The highest BCUT2D eigenvalue weighted by atomic mass is 15.2. The molecule has 1 aliphatic heterocycles.